The molecule has 1 rings (SSSR count). The van der Waals surface area contributed by atoms with E-state index in [-0.39, 0.29) is 10.5 Å². The topological polar surface area (TPSA) is 64.8 Å². The van der Waals surface area contributed by atoms with Crippen molar-refractivity contribution in [3.8, 4) is 0 Å². The Balaban J connectivity index is 2.60. The number of carboxylic acid groups (broad SMARTS) is 1. The Bertz CT molecular complexity index is 191. The number of aliphatic carboxylic acids is 1. The summed E-state index contributed by atoms with van der Waals surface area (Å²) in [4.78, 5) is 10.6. The third-order valence-corrected chi connectivity index (χ3v) is 2.45. The van der Waals surface area contributed by atoms with Gasteiger partial charge < -0.3 is 15.4 Å². The molecule has 1 heterocycles. The van der Waals surface area contributed by atoms with Gasteiger partial charge in [-0.2, -0.15) is 0 Å². The summed E-state index contributed by atoms with van der Waals surface area (Å²) in [5, 5.41) is 19.8. The zero-order valence-electron chi connectivity index (χ0n) is 7.46. The molecule has 4 nitrogen and oxygen atoms in total. The van der Waals surface area contributed by atoms with Crippen molar-refractivity contribution in [2.45, 2.75) is 32.7 Å². The van der Waals surface area contributed by atoms with Crippen molar-refractivity contribution in [1.29, 1.82) is 0 Å². The predicted octanol–water partition coefficient (Wildman–Crippen LogP) is -0.358. The lowest BCUT2D eigenvalue weighted by molar-refractivity contribution is -0.880. The van der Waals surface area contributed by atoms with Crippen LogP contribution in [0, 0.1) is 10.6 Å². The number of hydroxylamine groups is 2. The maximum atomic E-state index is 11.3. The van der Waals surface area contributed by atoms with Crippen molar-refractivity contribution in [3.05, 3.63) is 5.21 Å². The van der Waals surface area contributed by atoms with E-state index in [1.807, 2.05) is 13.8 Å². The smallest absolute Gasteiger partial charge is 0.362 e. The minimum Gasteiger partial charge on any atom is -0.634 e. The maximum Gasteiger partial charge on any atom is 0.362 e. The quantitative estimate of drug-likeness (QED) is 0.532. The molecule has 1 aliphatic heterocycles. The second-order valence-electron chi connectivity index (χ2n) is 4.24. The fourth-order valence-electron chi connectivity index (χ4n) is 1.64. The maximum absolute atomic E-state index is 11.3. The highest BCUT2D eigenvalue weighted by atomic mass is 16.5. The molecule has 1 fully saturated rings. The second-order valence-corrected chi connectivity index (χ2v) is 4.24. The van der Waals surface area contributed by atoms with Gasteiger partial charge in [-0.15, -0.1) is 0 Å². The van der Waals surface area contributed by atoms with E-state index < -0.39 is 12.0 Å². The summed E-state index contributed by atoms with van der Waals surface area (Å²) >= 11 is 0. The predicted molar refractivity (Wildman–Crippen MR) is 43.6 cm³/mol. The molecule has 0 saturated carbocycles. The highest BCUT2D eigenvalue weighted by Crippen LogP contribution is 2.23. The highest BCUT2D eigenvalue weighted by Gasteiger charge is 2.36. The fraction of sp³-hybridized carbons (Fsp3) is 0.875. The Morgan fingerprint density at radius 2 is 2.25 bits per heavy atom. The first-order valence-corrected chi connectivity index (χ1v) is 4.18. The summed E-state index contributed by atoms with van der Waals surface area (Å²) < 4.78 is 0. The monoisotopic (exact) mass is 173 g/mol. The van der Waals surface area contributed by atoms with Gasteiger partial charge in [0.25, 0.3) is 0 Å². The summed E-state index contributed by atoms with van der Waals surface area (Å²) in [5.41, 5.74) is 0.00301. The molecule has 0 aromatic carbocycles. The number of hydrogen-bond donors (Lipinski definition) is 2. The average molecular weight is 173 g/mol. The first-order valence-electron chi connectivity index (χ1n) is 4.18. The summed E-state index contributed by atoms with van der Waals surface area (Å²) in [6, 6.07) is -0.738. The van der Waals surface area contributed by atoms with Crippen molar-refractivity contribution in [1.82, 2.24) is 0 Å². The molecule has 4 heteroatoms. The number of piperidine rings is 1. The molecule has 0 radical (unpaired) electrons. The van der Waals surface area contributed by atoms with Gasteiger partial charge in [0.15, 0.2) is 6.04 Å². The molecular weight excluding hydrogens is 158 g/mol. The van der Waals surface area contributed by atoms with Crippen LogP contribution in [-0.4, -0.2) is 23.7 Å². The first kappa shape index (κ1) is 9.48. The van der Waals surface area contributed by atoms with Gasteiger partial charge in [-0.3, -0.25) is 0 Å². The van der Waals surface area contributed by atoms with Crippen LogP contribution in [0.4, 0.5) is 0 Å². The lowest BCUT2D eigenvalue weighted by Gasteiger charge is -2.41. The van der Waals surface area contributed by atoms with Gasteiger partial charge in [0.2, 0.25) is 0 Å². The number of carboxylic acids is 1. The van der Waals surface area contributed by atoms with Crippen LogP contribution < -0.4 is 5.06 Å². The molecule has 2 unspecified atom stereocenters. The van der Waals surface area contributed by atoms with Crippen LogP contribution in [0.15, 0.2) is 0 Å². The van der Waals surface area contributed by atoms with Crippen LogP contribution in [0.5, 0.6) is 0 Å². The van der Waals surface area contributed by atoms with Gasteiger partial charge in [-0.05, 0) is 6.42 Å². The zero-order chi connectivity index (χ0) is 9.35. The number of quaternary nitrogens is 1. The van der Waals surface area contributed by atoms with Gasteiger partial charge in [0.05, 0.1) is 6.54 Å². The lowest BCUT2D eigenvalue weighted by Crippen LogP contribution is -3.14. The van der Waals surface area contributed by atoms with Crippen LogP contribution >= 0.6 is 0 Å². The minimum absolute atomic E-state index is 0.00301. The van der Waals surface area contributed by atoms with Gasteiger partial charge >= 0.3 is 5.97 Å². The molecule has 0 bridgehead atoms. The molecule has 1 aliphatic rings. The molecule has 12 heavy (non-hydrogen) atoms. The second kappa shape index (κ2) is 3.03. The molecule has 70 valence electrons. The Hall–Kier alpha value is -0.610. The van der Waals surface area contributed by atoms with Crippen LogP contribution in [0.3, 0.4) is 0 Å². The number of hydrogen-bond acceptors (Lipinski definition) is 2. The molecule has 0 amide bonds. The molecule has 0 aromatic heterocycles. The van der Waals surface area contributed by atoms with Crippen molar-refractivity contribution in [3.63, 3.8) is 0 Å². The molecule has 1 saturated heterocycles. The van der Waals surface area contributed by atoms with E-state index in [1.165, 1.54) is 0 Å². The molecule has 2 atom stereocenters. The normalized spacial score (nSPS) is 34.6. The van der Waals surface area contributed by atoms with E-state index in [1.54, 1.807) is 0 Å². The SMILES string of the molecule is CC1(C)CCC(C(=O)O)[NH+]([O-])C1. The summed E-state index contributed by atoms with van der Waals surface area (Å²) in [6.45, 7) is 4.41. The van der Waals surface area contributed by atoms with Gasteiger partial charge in [0, 0.05) is 11.8 Å². The average Bonchev–Trinajstić information content (AvgIpc) is 1.83. The summed E-state index contributed by atoms with van der Waals surface area (Å²) in [6.07, 6.45) is 1.33. The largest absolute Gasteiger partial charge is 0.634 e. The van der Waals surface area contributed by atoms with Gasteiger partial charge in [-0.25, -0.2) is 4.79 Å². The van der Waals surface area contributed by atoms with Gasteiger partial charge in [-0.1, -0.05) is 13.8 Å². The molecular formula is C8H15NO3. The molecule has 0 aromatic rings. The Kier molecular flexibility index (Phi) is 2.39. The standard InChI is InChI=1S/C8H15NO3/c1-8(2)4-3-6(7(10)11)9(12)5-8/h6,9H,3-5H2,1-2H3,(H,10,11). The van der Waals surface area contributed by atoms with Gasteiger partial charge in [0.1, 0.15) is 0 Å². The third kappa shape index (κ3) is 1.95. The van der Waals surface area contributed by atoms with Crippen molar-refractivity contribution in [2.75, 3.05) is 6.54 Å². The number of carbonyl (C=O) groups is 1. The Morgan fingerprint density at radius 3 is 2.67 bits per heavy atom. The fourth-order valence-corrected chi connectivity index (χ4v) is 1.64. The van der Waals surface area contributed by atoms with E-state index in [9.17, 15) is 10.0 Å². The summed E-state index contributed by atoms with van der Waals surface area (Å²) in [5.74, 6) is -0.962. The minimum atomic E-state index is -0.962. The Morgan fingerprint density at radius 1 is 1.67 bits per heavy atom. The molecule has 0 spiro atoms. The van der Waals surface area contributed by atoms with Crippen LogP contribution in [0.25, 0.3) is 0 Å². The van der Waals surface area contributed by atoms with E-state index in [4.69, 9.17) is 5.11 Å². The van der Waals surface area contributed by atoms with Crippen molar-refractivity contribution < 1.29 is 15.0 Å². The highest BCUT2D eigenvalue weighted by molar-refractivity contribution is 5.71. The van der Waals surface area contributed by atoms with E-state index >= 15 is 0 Å². The van der Waals surface area contributed by atoms with Crippen LogP contribution in [0.1, 0.15) is 26.7 Å². The zero-order valence-corrected chi connectivity index (χ0v) is 7.46. The molecule has 0 aliphatic carbocycles. The lowest BCUT2D eigenvalue weighted by atomic mass is 9.82. The summed E-state index contributed by atoms with van der Waals surface area (Å²) in [7, 11) is 0. The van der Waals surface area contributed by atoms with E-state index in [2.05, 4.69) is 0 Å². The third-order valence-electron chi connectivity index (χ3n) is 2.45. The Labute approximate surface area is 71.8 Å². The van der Waals surface area contributed by atoms with E-state index in [0.717, 1.165) is 6.42 Å². The number of nitrogens with one attached hydrogen (secondary N) is 1. The van der Waals surface area contributed by atoms with Crippen molar-refractivity contribution in [2.24, 2.45) is 5.41 Å². The molecule has 2 N–H and O–H groups in total. The van der Waals surface area contributed by atoms with Crippen LogP contribution in [0.2, 0.25) is 0 Å². The first-order chi connectivity index (χ1) is 5.42. The van der Waals surface area contributed by atoms with E-state index in [0.29, 0.717) is 13.0 Å². The number of rotatable bonds is 1. The van der Waals surface area contributed by atoms with Crippen LogP contribution in [-0.2, 0) is 4.79 Å². The van der Waals surface area contributed by atoms with Crippen molar-refractivity contribution >= 4 is 5.97 Å².